The van der Waals surface area contributed by atoms with Gasteiger partial charge in [0.2, 0.25) is 0 Å². The van der Waals surface area contributed by atoms with Crippen molar-refractivity contribution in [1.29, 1.82) is 0 Å². The van der Waals surface area contributed by atoms with Crippen LogP contribution < -0.4 is 0 Å². The third-order valence-corrected chi connectivity index (χ3v) is 3.21. The van der Waals surface area contributed by atoms with Gasteiger partial charge in [0, 0.05) is 19.3 Å². The summed E-state index contributed by atoms with van der Waals surface area (Å²) in [5, 5.41) is 0.791. The summed E-state index contributed by atoms with van der Waals surface area (Å²) in [6.45, 7) is 2.59. The minimum Gasteiger partial charge on any atom is -0.378 e. The zero-order chi connectivity index (χ0) is 11.4. The van der Waals surface area contributed by atoms with Crippen molar-refractivity contribution in [2.75, 3.05) is 32.6 Å². The van der Waals surface area contributed by atoms with E-state index in [0.717, 1.165) is 5.03 Å². The molecule has 1 fully saturated rings. The van der Waals surface area contributed by atoms with Crippen LogP contribution in [0.1, 0.15) is 10.4 Å². The van der Waals surface area contributed by atoms with Crippen molar-refractivity contribution in [3.05, 3.63) is 23.9 Å². The van der Waals surface area contributed by atoms with Crippen molar-refractivity contribution in [3.63, 3.8) is 0 Å². The number of nitrogens with zero attached hydrogens (tertiary/aromatic N) is 2. The molecule has 0 saturated carbocycles. The van der Waals surface area contributed by atoms with Crippen LogP contribution >= 0.6 is 11.8 Å². The van der Waals surface area contributed by atoms with E-state index < -0.39 is 0 Å². The lowest BCUT2D eigenvalue weighted by Crippen LogP contribution is -2.40. The van der Waals surface area contributed by atoms with Crippen LogP contribution in [0, 0.1) is 0 Å². The molecule has 0 aliphatic carbocycles. The number of carbonyl (C=O) groups is 1. The number of hydrogen-bond donors (Lipinski definition) is 0. The molecule has 2 rings (SSSR count). The van der Waals surface area contributed by atoms with Crippen LogP contribution in [0.25, 0.3) is 0 Å². The maximum Gasteiger partial charge on any atom is 0.256 e. The molecule has 2 heterocycles. The highest BCUT2D eigenvalue weighted by Crippen LogP contribution is 2.18. The molecule has 16 heavy (non-hydrogen) atoms. The molecule has 0 spiro atoms. The summed E-state index contributed by atoms with van der Waals surface area (Å²) in [5.74, 6) is 0.0563. The Morgan fingerprint density at radius 2 is 2.25 bits per heavy atom. The lowest BCUT2D eigenvalue weighted by atomic mass is 10.2. The third kappa shape index (κ3) is 2.36. The Labute approximate surface area is 99.0 Å². The number of aromatic nitrogens is 1. The molecule has 0 aromatic carbocycles. The molecule has 4 nitrogen and oxygen atoms in total. The first-order valence-electron chi connectivity index (χ1n) is 5.19. The maximum absolute atomic E-state index is 12.2. The molecule has 0 bridgehead atoms. The van der Waals surface area contributed by atoms with Gasteiger partial charge in [0.25, 0.3) is 5.91 Å². The maximum atomic E-state index is 12.2. The van der Waals surface area contributed by atoms with Gasteiger partial charge >= 0.3 is 0 Å². The number of rotatable bonds is 2. The van der Waals surface area contributed by atoms with Crippen LogP contribution in [-0.2, 0) is 4.74 Å². The average Bonchev–Trinajstić information content (AvgIpc) is 2.39. The molecule has 1 saturated heterocycles. The van der Waals surface area contributed by atoms with Crippen LogP contribution in [-0.4, -0.2) is 48.4 Å². The standard InChI is InChI=1S/C11H14N2O2S/c1-16-10-9(3-2-4-12-10)11(14)13-5-7-15-8-6-13/h2-4H,5-8H2,1H3. The molecule has 1 aliphatic rings. The molecular formula is C11H14N2O2S. The SMILES string of the molecule is CSc1ncccc1C(=O)N1CCOCC1. The Balaban J connectivity index is 2.19. The lowest BCUT2D eigenvalue weighted by Gasteiger charge is -2.27. The van der Waals surface area contributed by atoms with Gasteiger partial charge in [-0.3, -0.25) is 4.79 Å². The van der Waals surface area contributed by atoms with Crippen LogP contribution in [0.4, 0.5) is 0 Å². The minimum absolute atomic E-state index is 0.0563. The Kier molecular flexibility index (Phi) is 3.79. The lowest BCUT2D eigenvalue weighted by molar-refractivity contribution is 0.0300. The van der Waals surface area contributed by atoms with Gasteiger partial charge in [0.1, 0.15) is 5.03 Å². The van der Waals surface area contributed by atoms with Crippen molar-refractivity contribution < 1.29 is 9.53 Å². The second-order valence-corrected chi connectivity index (χ2v) is 4.26. The van der Waals surface area contributed by atoms with Gasteiger partial charge in [-0.2, -0.15) is 0 Å². The highest BCUT2D eigenvalue weighted by molar-refractivity contribution is 7.98. The molecule has 0 atom stereocenters. The van der Waals surface area contributed by atoms with Crippen molar-refractivity contribution in [3.8, 4) is 0 Å². The second kappa shape index (κ2) is 5.32. The summed E-state index contributed by atoms with van der Waals surface area (Å²) in [7, 11) is 0. The largest absolute Gasteiger partial charge is 0.378 e. The van der Waals surface area contributed by atoms with E-state index in [1.807, 2.05) is 17.2 Å². The fraction of sp³-hybridized carbons (Fsp3) is 0.455. The van der Waals surface area contributed by atoms with E-state index in [0.29, 0.717) is 31.9 Å². The average molecular weight is 238 g/mol. The molecule has 1 amide bonds. The van der Waals surface area contributed by atoms with Gasteiger partial charge in [-0.05, 0) is 18.4 Å². The van der Waals surface area contributed by atoms with E-state index in [9.17, 15) is 4.79 Å². The van der Waals surface area contributed by atoms with E-state index >= 15 is 0 Å². The number of amides is 1. The Morgan fingerprint density at radius 1 is 1.50 bits per heavy atom. The predicted octanol–water partition coefficient (Wildman–Crippen LogP) is 1.28. The molecule has 86 valence electrons. The van der Waals surface area contributed by atoms with Crippen molar-refractivity contribution in [2.24, 2.45) is 0 Å². The first-order valence-corrected chi connectivity index (χ1v) is 6.41. The number of carbonyl (C=O) groups excluding carboxylic acids is 1. The first-order chi connectivity index (χ1) is 7.83. The smallest absolute Gasteiger partial charge is 0.256 e. The van der Waals surface area contributed by atoms with E-state index in [2.05, 4.69) is 4.98 Å². The van der Waals surface area contributed by atoms with Crippen LogP contribution in [0.3, 0.4) is 0 Å². The summed E-state index contributed by atoms with van der Waals surface area (Å²) in [4.78, 5) is 18.2. The van der Waals surface area contributed by atoms with Crippen LogP contribution in [0.15, 0.2) is 23.4 Å². The number of pyridine rings is 1. The topological polar surface area (TPSA) is 42.4 Å². The Hall–Kier alpha value is -1.07. The number of morpholine rings is 1. The number of hydrogen-bond acceptors (Lipinski definition) is 4. The highest BCUT2D eigenvalue weighted by atomic mass is 32.2. The fourth-order valence-electron chi connectivity index (χ4n) is 1.65. The molecule has 0 unspecified atom stereocenters. The van der Waals surface area contributed by atoms with Crippen LogP contribution in [0.2, 0.25) is 0 Å². The summed E-state index contributed by atoms with van der Waals surface area (Å²) < 4.78 is 5.23. The summed E-state index contributed by atoms with van der Waals surface area (Å²) in [5.41, 5.74) is 0.692. The van der Waals surface area contributed by atoms with Gasteiger partial charge in [-0.1, -0.05) is 0 Å². The van der Waals surface area contributed by atoms with Crippen LogP contribution in [0.5, 0.6) is 0 Å². The predicted molar refractivity (Wildman–Crippen MR) is 62.7 cm³/mol. The normalized spacial score (nSPS) is 16.2. The summed E-state index contributed by atoms with van der Waals surface area (Å²) in [6.07, 6.45) is 3.64. The zero-order valence-electron chi connectivity index (χ0n) is 9.18. The minimum atomic E-state index is 0.0563. The van der Waals surface area contributed by atoms with E-state index in [4.69, 9.17) is 4.74 Å². The van der Waals surface area contributed by atoms with Crippen molar-refractivity contribution >= 4 is 17.7 Å². The van der Waals surface area contributed by atoms with Gasteiger partial charge in [-0.25, -0.2) is 4.98 Å². The van der Waals surface area contributed by atoms with E-state index in [1.165, 1.54) is 11.8 Å². The van der Waals surface area contributed by atoms with Crippen molar-refractivity contribution in [1.82, 2.24) is 9.88 Å². The molecule has 0 N–H and O–H groups in total. The quantitative estimate of drug-likeness (QED) is 0.728. The molecule has 5 heteroatoms. The number of thioether (sulfide) groups is 1. The molecular weight excluding hydrogens is 224 g/mol. The van der Waals surface area contributed by atoms with Gasteiger partial charge in [-0.15, -0.1) is 11.8 Å². The van der Waals surface area contributed by atoms with E-state index in [-0.39, 0.29) is 5.91 Å². The van der Waals surface area contributed by atoms with Gasteiger partial charge < -0.3 is 9.64 Å². The first kappa shape index (κ1) is 11.4. The van der Waals surface area contributed by atoms with Crippen molar-refractivity contribution in [2.45, 2.75) is 5.03 Å². The summed E-state index contributed by atoms with van der Waals surface area (Å²) >= 11 is 1.50. The highest BCUT2D eigenvalue weighted by Gasteiger charge is 2.20. The zero-order valence-corrected chi connectivity index (χ0v) is 10.00. The number of ether oxygens (including phenoxy) is 1. The van der Waals surface area contributed by atoms with E-state index in [1.54, 1.807) is 12.3 Å². The summed E-state index contributed by atoms with van der Waals surface area (Å²) in [6, 6.07) is 3.63. The molecule has 1 aromatic heterocycles. The fourth-order valence-corrected chi connectivity index (χ4v) is 2.19. The molecule has 1 aromatic rings. The molecule has 1 aliphatic heterocycles. The van der Waals surface area contributed by atoms with Gasteiger partial charge in [0.15, 0.2) is 0 Å². The Bertz CT molecular complexity index is 378. The van der Waals surface area contributed by atoms with Gasteiger partial charge in [0.05, 0.1) is 18.8 Å². The third-order valence-electron chi connectivity index (χ3n) is 2.49. The Morgan fingerprint density at radius 3 is 2.94 bits per heavy atom. The second-order valence-electron chi connectivity index (χ2n) is 3.46. The molecule has 0 radical (unpaired) electrons. The monoisotopic (exact) mass is 238 g/mol.